The molecule has 0 aromatic carbocycles. The largest absolute Gasteiger partial charge is 0.369 e. The zero-order valence-electron chi connectivity index (χ0n) is 13.1. The van der Waals surface area contributed by atoms with Crippen LogP contribution in [0, 0.1) is 17.2 Å². The molecular formula is C16H28N4O. The summed E-state index contributed by atoms with van der Waals surface area (Å²) in [6, 6.07) is 3.00. The van der Waals surface area contributed by atoms with Crippen LogP contribution in [0.2, 0.25) is 0 Å². The van der Waals surface area contributed by atoms with Crippen molar-refractivity contribution in [3.05, 3.63) is 0 Å². The molecule has 1 saturated carbocycles. The number of rotatable bonds is 8. The van der Waals surface area contributed by atoms with Crippen LogP contribution in [0.25, 0.3) is 0 Å². The number of piperidine rings is 1. The van der Waals surface area contributed by atoms with E-state index >= 15 is 0 Å². The van der Waals surface area contributed by atoms with E-state index in [0.717, 1.165) is 51.7 Å². The number of carbonyl (C=O) groups is 1. The van der Waals surface area contributed by atoms with Crippen molar-refractivity contribution in [2.45, 2.75) is 63.5 Å². The maximum absolute atomic E-state index is 11.1. The molecule has 1 atom stereocenters. The third-order valence-electron chi connectivity index (χ3n) is 4.74. The van der Waals surface area contributed by atoms with Gasteiger partial charge in [0, 0.05) is 12.0 Å². The number of carbonyl (C=O) groups excluding carboxylic acids is 1. The van der Waals surface area contributed by atoms with Crippen LogP contribution in [0.3, 0.4) is 0 Å². The van der Waals surface area contributed by atoms with Gasteiger partial charge in [0.1, 0.15) is 5.54 Å². The molecule has 0 aromatic rings. The average molecular weight is 292 g/mol. The van der Waals surface area contributed by atoms with E-state index in [1.165, 1.54) is 12.8 Å². The van der Waals surface area contributed by atoms with Crippen molar-refractivity contribution in [3.63, 3.8) is 0 Å². The van der Waals surface area contributed by atoms with Crippen molar-refractivity contribution < 1.29 is 4.79 Å². The van der Waals surface area contributed by atoms with Gasteiger partial charge in [0.2, 0.25) is 5.91 Å². The molecule has 5 nitrogen and oxygen atoms in total. The molecule has 1 amide bonds. The molecule has 1 aliphatic carbocycles. The number of hydrogen-bond acceptors (Lipinski definition) is 4. The third kappa shape index (κ3) is 5.29. The van der Waals surface area contributed by atoms with E-state index in [9.17, 15) is 10.1 Å². The van der Waals surface area contributed by atoms with E-state index < -0.39 is 0 Å². The fourth-order valence-corrected chi connectivity index (χ4v) is 3.09. The summed E-state index contributed by atoms with van der Waals surface area (Å²) < 4.78 is 0. The van der Waals surface area contributed by atoms with Gasteiger partial charge in [0.25, 0.3) is 0 Å². The lowest BCUT2D eigenvalue weighted by Gasteiger charge is -2.30. The highest BCUT2D eigenvalue weighted by Crippen LogP contribution is 2.25. The van der Waals surface area contributed by atoms with Crippen LogP contribution in [0.4, 0.5) is 0 Å². The van der Waals surface area contributed by atoms with Gasteiger partial charge >= 0.3 is 0 Å². The van der Waals surface area contributed by atoms with Gasteiger partial charge in [-0.15, -0.1) is 0 Å². The van der Waals surface area contributed by atoms with Crippen LogP contribution in [0.1, 0.15) is 51.9 Å². The van der Waals surface area contributed by atoms with Crippen LogP contribution in [0.15, 0.2) is 0 Å². The lowest BCUT2D eigenvalue weighted by atomic mass is 9.94. The minimum atomic E-state index is -0.361. The summed E-state index contributed by atoms with van der Waals surface area (Å²) >= 11 is 0. The van der Waals surface area contributed by atoms with E-state index in [0.29, 0.717) is 6.04 Å². The van der Waals surface area contributed by atoms with E-state index in [1.807, 2.05) is 6.92 Å². The molecule has 5 heteroatoms. The van der Waals surface area contributed by atoms with Gasteiger partial charge in [-0.2, -0.15) is 5.26 Å². The molecule has 21 heavy (non-hydrogen) atoms. The van der Waals surface area contributed by atoms with Crippen LogP contribution >= 0.6 is 0 Å². The normalized spacial score (nSPS) is 23.4. The molecule has 1 saturated heterocycles. The van der Waals surface area contributed by atoms with Crippen LogP contribution in [-0.4, -0.2) is 42.0 Å². The van der Waals surface area contributed by atoms with Gasteiger partial charge in [-0.3, -0.25) is 10.1 Å². The Morgan fingerprint density at radius 3 is 2.52 bits per heavy atom. The second-order valence-electron chi connectivity index (χ2n) is 6.84. The number of nitriles is 1. The van der Waals surface area contributed by atoms with Crippen molar-refractivity contribution >= 4 is 5.91 Å². The molecule has 0 bridgehead atoms. The number of unbranched alkanes of at least 4 members (excludes halogenated alkanes) is 1. The fraction of sp³-hybridized carbons (Fsp3) is 0.875. The molecule has 1 unspecified atom stereocenters. The Bertz CT molecular complexity index is 394. The topological polar surface area (TPSA) is 82.2 Å². The quantitative estimate of drug-likeness (QED) is 0.662. The lowest BCUT2D eigenvalue weighted by Crippen LogP contribution is -2.42. The highest BCUT2D eigenvalue weighted by Gasteiger charge is 2.32. The van der Waals surface area contributed by atoms with Crippen LogP contribution in [-0.2, 0) is 4.79 Å². The number of likely N-dealkylation sites (tertiary alicyclic amines) is 1. The number of primary amides is 1. The zero-order chi connectivity index (χ0) is 15.3. The van der Waals surface area contributed by atoms with Gasteiger partial charge < -0.3 is 10.6 Å². The number of nitrogens with zero attached hydrogens (tertiary/aromatic N) is 2. The average Bonchev–Trinajstić information content (AvgIpc) is 3.28. The predicted molar refractivity (Wildman–Crippen MR) is 82.4 cm³/mol. The van der Waals surface area contributed by atoms with Gasteiger partial charge in [-0.05, 0) is 71.5 Å². The van der Waals surface area contributed by atoms with Gasteiger partial charge in [-0.1, -0.05) is 0 Å². The first-order valence-electron chi connectivity index (χ1n) is 8.23. The van der Waals surface area contributed by atoms with E-state index in [-0.39, 0.29) is 17.4 Å². The summed E-state index contributed by atoms with van der Waals surface area (Å²) in [4.78, 5) is 13.5. The molecule has 118 valence electrons. The van der Waals surface area contributed by atoms with Crippen molar-refractivity contribution in [2.24, 2.45) is 11.7 Å². The van der Waals surface area contributed by atoms with Crippen molar-refractivity contribution in [3.8, 4) is 6.07 Å². The monoisotopic (exact) mass is 292 g/mol. The van der Waals surface area contributed by atoms with Crippen molar-refractivity contribution in [1.82, 2.24) is 10.2 Å². The maximum atomic E-state index is 11.1. The number of hydrogen-bond donors (Lipinski definition) is 2. The minimum Gasteiger partial charge on any atom is -0.369 e. The van der Waals surface area contributed by atoms with E-state index in [4.69, 9.17) is 5.73 Å². The van der Waals surface area contributed by atoms with Gasteiger partial charge in [-0.25, -0.2) is 0 Å². The van der Waals surface area contributed by atoms with Gasteiger partial charge in [0.15, 0.2) is 0 Å². The third-order valence-corrected chi connectivity index (χ3v) is 4.74. The molecule has 0 radical (unpaired) electrons. The molecule has 1 aliphatic heterocycles. The van der Waals surface area contributed by atoms with E-state index in [1.54, 1.807) is 0 Å². The van der Waals surface area contributed by atoms with Crippen molar-refractivity contribution in [1.29, 1.82) is 5.26 Å². The summed E-state index contributed by atoms with van der Waals surface area (Å²) in [5.74, 6) is -0.0727. The minimum absolute atomic E-state index is 0.0749. The molecular weight excluding hydrogens is 264 g/mol. The Labute approximate surface area is 127 Å². The number of nitrogens with two attached hydrogens (primary N) is 1. The molecule has 3 N–H and O–H groups in total. The second-order valence-corrected chi connectivity index (χ2v) is 6.84. The molecule has 2 aliphatic rings. The van der Waals surface area contributed by atoms with Crippen molar-refractivity contribution in [2.75, 3.05) is 19.6 Å². The lowest BCUT2D eigenvalue weighted by molar-refractivity contribution is -0.123. The Morgan fingerprint density at radius 2 is 2.00 bits per heavy atom. The highest BCUT2D eigenvalue weighted by molar-refractivity contribution is 5.76. The molecule has 2 fully saturated rings. The summed E-state index contributed by atoms with van der Waals surface area (Å²) in [7, 11) is 0. The maximum Gasteiger partial charge on any atom is 0.220 e. The molecule has 2 rings (SSSR count). The first-order chi connectivity index (χ1) is 10.0. The summed E-state index contributed by atoms with van der Waals surface area (Å²) in [6.07, 6.45) is 7.32. The zero-order valence-corrected chi connectivity index (χ0v) is 13.1. The SMILES string of the molecule is CC(C#N)(CCCCN1CCC(C(N)=O)CC1)NC1CC1. The molecule has 1 heterocycles. The fourth-order valence-electron chi connectivity index (χ4n) is 3.09. The Morgan fingerprint density at radius 1 is 1.33 bits per heavy atom. The second kappa shape index (κ2) is 7.24. The standard InChI is InChI=1S/C16H28N4O/c1-16(12-17,19-14-4-5-14)8-2-3-9-20-10-6-13(7-11-20)15(18)21/h13-14,19H,2-11H2,1H3,(H2,18,21). The Balaban J connectivity index is 1.59. The summed E-state index contributed by atoms with van der Waals surface area (Å²) in [6.45, 7) is 5.03. The Hall–Kier alpha value is -1.12. The van der Waals surface area contributed by atoms with E-state index in [2.05, 4.69) is 16.3 Å². The van der Waals surface area contributed by atoms with Gasteiger partial charge in [0.05, 0.1) is 6.07 Å². The Kier molecular flexibility index (Phi) is 5.60. The molecule has 0 aromatic heterocycles. The summed E-state index contributed by atoms with van der Waals surface area (Å²) in [5, 5.41) is 12.8. The first kappa shape index (κ1) is 16.3. The molecule has 0 spiro atoms. The number of nitrogens with one attached hydrogen (secondary N) is 1. The van der Waals surface area contributed by atoms with Crippen LogP contribution < -0.4 is 11.1 Å². The van der Waals surface area contributed by atoms with Crippen LogP contribution in [0.5, 0.6) is 0 Å². The number of amides is 1. The predicted octanol–water partition coefficient (Wildman–Crippen LogP) is 1.39. The summed E-state index contributed by atoms with van der Waals surface area (Å²) in [5.41, 5.74) is 4.99. The highest BCUT2D eigenvalue weighted by atomic mass is 16.1. The first-order valence-corrected chi connectivity index (χ1v) is 8.23. The smallest absolute Gasteiger partial charge is 0.220 e.